The summed E-state index contributed by atoms with van der Waals surface area (Å²) in [6, 6.07) is 4.60. The number of thiazole rings is 1. The lowest BCUT2D eigenvalue weighted by molar-refractivity contribution is -0.129. The van der Waals surface area contributed by atoms with Crippen LogP contribution in [-0.2, 0) is 22.4 Å². The van der Waals surface area contributed by atoms with Crippen LogP contribution in [0.25, 0.3) is 0 Å². The van der Waals surface area contributed by atoms with Gasteiger partial charge in [-0.25, -0.2) is 9.78 Å². The van der Waals surface area contributed by atoms with Crippen LogP contribution in [0.15, 0.2) is 23.6 Å². The van der Waals surface area contributed by atoms with E-state index in [2.05, 4.69) is 15.6 Å². The minimum Gasteiger partial charge on any atom is -0.337 e. The quantitative estimate of drug-likeness (QED) is 0.393. The van der Waals surface area contributed by atoms with Crippen LogP contribution >= 0.6 is 42.1 Å². The Balaban J connectivity index is 1.85. The summed E-state index contributed by atoms with van der Waals surface area (Å²) in [4.78, 5) is 47.4. The van der Waals surface area contributed by atoms with Crippen molar-refractivity contribution in [2.24, 2.45) is 0 Å². The van der Waals surface area contributed by atoms with E-state index in [0.29, 0.717) is 20.9 Å². The summed E-state index contributed by atoms with van der Waals surface area (Å²) in [5.41, 5.74) is 1.35. The molecule has 164 valence electrons. The topological polar surface area (TPSA) is 132 Å². The largest absolute Gasteiger partial charge is 0.337 e. The van der Waals surface area contributed by atoms with Crippen molar-refractivity contribution in [2.45, 2.75) is 26.4 Å². The van der Waals surface area contributed by atoms with Crippen molar-refractivity contribution in [1.29, 1.82) is 0 Å². The van der Waals surface area contributed by atoms with Gasteiger partial charge in [-0.1, -0.05) is 29.3 Å². The Kier molecular flexibility index (Phi) is 9.09. The van der Waals surface area contributed by atoms with Gasteiger partial charge in [0.1, 0.15) is 0 Å². The van der Waals surface area contributed by atoms with Crippen LogP contribution in [-0.4, -0.2) is 44.3 Å². The molecule has 0 unspecified atom stereocenters. The first kappa shape index (κ1) is 24.6. The molecule has 1 heterocycles. The average Bonchev–Trinajstić information content (AvgIpc) is 3.07. The number of hydrogen-bond donors (Lipinski definition) is 4. The molecular formula is C17H21Cl2N4O5PS. The van der Waals surface area contributed by atoms with Gasteiger partial charge < -0.3 is 20.0 Å². The highest BCUT2D eigenvalue weighted by Crippen LogP contribution is 2.34. The highest BCUT2D eigenvalue weighted by Gasteiger charge is 2.16. The Morgan fingerprint density at radius 3 is 2.63 bits per heavy atom. The van der Waals surface area contributed by atoms with Crippen LogP contribution in [0.1, 0.15) is 24.6 Å². The van der Waals surface area contributed by atoms with E-state index in [1.165, 1.54) is 23.2 Å². The summed E-state index contributed by atoms with van der Waals surface area (Å²) >= 11 is 13.0. The smallest absolute Gasteiger partial charge is 0.325 e. The Hall–Kier alpha value is -1.68. The van der Waals surface area contributed by atoms with Gasteiger partial charge in [0.2, 0.25) is 5.91 Å². The van der Waals surface area contributed by atoms with Gasteiger partial charge >= 0.3 is 13.6 Å². The normalized spacial score (nSPS) is 11.2. The fourth-order valence-corrected chi connectivity index (χ4v) is 3.99. The molecule has 2 aromatic rings. The number of hydrogen-bond acceptors (Lipinski definition) is 5. The minimum absolute atomic E-state index is 0.177. The molecule has 2 rings (SSSR count). The van der Waals surface area contributed by atoms with E-state index < -0.39 is 13.6 Å². The predicted molar refractivity (Wildman–Crippen MR) is 117 cm³/mol. The molecule has 1 aromatic carbocycles. The van der Waals surface area contributed by atoms with Gasteiger partial charge in [0, 0.05) is 25.4 Å². The molecule has 0 saturated carbocycles. The molecule has 4 N–H and O–H groups in total. The number of anilines is 1. The van der Waals surface area contributed by atoms with Gasteiger partial charge in [-0.3, -0.25) is 14.7 Å². The number of carbonyl (C=O) groups is 2. The number of aromatic nitrogens is 1. The Morgan fingerprint density at radius 2 is 2.00 bits per heavy atom. The number of amides is 3. The van der Waals surface area contributed by atoms with E-state index >= 15 is 0 Å². The van der Waals surface area contributed by atoms with E-state index in [1.54, 1.807) is 23.6 Å². The van der Waals surface area contributed by atoms with Crippen LogP contribution < -0.4 is 10.6 Å². The number of nitrogens with zero attached hydrogens (tertiary/aromatic N) is 2. The Morgan fingerprint density at radius 1 is 1.27 bits per heavy atom. The van der Waals surface area contributed by atoms with Crippen LogP contribution in [0, 0.1) is 0 Å². The van der Waals surface area contributed by atoms with Gasteiger partial charge in [-0.15, -0.1) is 11.3 Å². The maximum Gasteiger partial charge on any atom is 0.325 e. The molecule has 0 spiro atoms. The van der Waals surface area contributed by atoms with Gasteiger partial charge in [-0.05, 0) is 24.1 Å². The molecule has 0 bridgehead atoms. The van der Waals surface area contributed by atoms with E-state index in [1.807, 2.05) is 0 Å². The third-order valence-electron chi connectivity index (χ3n) is 3.88. The molecule has 0 atom stereocenters. The number of carbonyl (C=O) groups excluding carboxylic acids is 2. The maximum absolute atomic E-state index is 12.1. The lowest BCUT2D eigenvalue weighted by Crippen LogP contribution is -2.30. The monoisotopic (exact) mass is 494 g/mol. The third-order valence-corrected chi connectivity index (χ3v) is 6.33. The molecule has 13 heteroatoms. The third kappa shape index (κ3) is 8.59. The molecular weight excluding hydrogens is 474 g/mol. The number of urea groups is 1. The van der Waals surface area contributed by atoms with Gasteiger partial charge in [0.15, 0.2) is 5.13 Å². The molecule has 0 aliphatic rings. The summed E-state index contributed by atoms with van der Waals surface area (Å²) in [5.74, 6) is -0.234. The number of rotatable bonds is 9. The van der Waals surface area contributed by atoms with Crippen molar-refractivity contribution in [1.82, 2.24) is 15.2 Å². The first-order chi connectivity index (χ1) is 14.0. The predicted octanol–water partition coefficient (Wildman–Crippen LogP) is 3.69. The zero-order chi connectivity index (χ0) is 22.3. The van der Waals surface area contributed by atoms with Crippen molar-refractivity contribution in [3.05, 3.63) is 44.9 Å². The lowest BCUT2D eigenvalue weighted by atomic mass is 10.2. The second kappa shape index (κ2) is 11.1. The molecule has 0 fully saturated rings. The summed E-state index contributed by atoms with van der Waals surface area (Å²) in [7, 11) is -4.10. The molecule has 9 nitrogen and oxygen atoms in total. The first-order valence-corrected chi connectivity index (χ1v) is 12.2. The summed E-state index contributed by atoms with van der Waals surface area (Å²) < 4.78 is 10.9. The number of nitrogens with one attached hydrogen (secondary N) is 2. The maximum atomic E-state index is 12.1. The molecule has 3 amide bonds. The SMILES string of the molecule is CC(=O)N(CCCP(=O)(O)O)Cc1csc(NC(=O)NCc2ccc(Cl)c(Cl)c2)n1. The van der Waals surface area contributed by atoms with E-state index in [-0.39, 0.29) is 38.1 Å². The van der Waals surface area contributed by atoms with Crippen molar-refractivity contribution in [3.63, 3.8) is 0 Å². The Bertz CT molecular complexity index is 952. The van der Waals surface area contributed by atoms with Crippen LogP contribution in [0.4, 0.5) is 9.93 Å². The minimum atomic E-state index is -4.10. The molecule has 0 aliphatic heterocycles. The molecule has 1 aromatic heterocycles. The van der Waals surface area contributed by atoms with Crippen LogP contribution in [0.5, 0.6) is 0 Å². The summed E-state index contributed by atoms with van der Waals surface area (Å²) in [6.07, 6.45) is -0.115. The fourth-order valence-electron chi connectivity index (χ4n) is 2.42. The summed E-state index contributed by atoms with van der Waals surface area (Å²) in [6.45, 7) is 2.00. The second-order valence-corrected chi connectivity index (χ2v) is 9.83. The fraction of sp³-hybridized carbons (Fsp3) is 0.353. The highest BCUT2D eigenvalue weighted by atomic mass is 35.5. The van der Waals surface area contributed by atoms with Crippen molar-refractivity contribution < 1.29 is 23.9 Å². The van der Waals surface area contributed by atoms with Crippen molar-refractivity contribution in [2.75, 3.05) is 18.0 Å². The van der Waals surface area contributed by atoms with Crippen LogP contribution in [0.2, 0.25) is 10.0 Å². The molecule has 0 radical (unpaired) electrons. The standard InChI is InChI=1S/C17H21Cl2N4O5PS/c1-11(24)23(5-2-6-29(26,27)28)9-13-10-30-17(21-13)22-16(25)20-8-12-3-4-14(18)15(19)7-12/h3-4,7,10H,2,5-6,8-9H2,1H3,(H2,26,27,28)(H2,20,21,22,25). The van der Waals surface area contributed by atoms with Gasteiger partial charge in [0.25, 0.3) is 0 Å². The molecule has 0 aliphatic carbocycles. The lowest BCUT2D eigenvalue weighted by Gasteiger charge is -2.20. The molecule has 30 heavy (non-hydrogen) atoms. The van der Waals surface area contributed by atoms with E-state index in [9.17, 15) is 14.2 Å². The van der Waals surface area contributed by atoms with E-state index in [4.69, 9.17) is 33.0 Å². The van der Waals surface area contributed by atoms with E-state index in [0.717, 1.165) is 5.56 Å². The summed E-state index contributed by atoms with van der Waals surface area (Å²) in [5, 5.41) is 8.19. The molecule has 0 saturated heterocycles. The van der Waals surface area contributed by atoms with Crippen molar-refractivity contribution >= 4 is 59.2 Å². The average molecular weight is 495 g/mol. The van der Waals surface area contributed by atoms with Gasteiger partial charge in [-0.2, -0.15) is 0 Å². The van der Waals surface area contributed by atoms with Crippen LogP contribution in [0.3, 0.4) is 0 Å². The first-order valence-electron chi connectivity index (χ1n) is 8.77. The zero-order valence-electron chi connectivity index (χ0n) is 16.0. The second-order valence-electron chi connectivity index (χ2n) is 6.38. The number of benzene rings is 1. The van der Waals surface area contributed by atoms with Gasteiger partial charge in [0.05, 0.1) is 28.4 Å². The number of halogens is 2. The zero-order valence-corrected chi connectivity index (χ0v) is 19.2. The Labute approximate surface area is 187 Å². The van der Waals surface area contributed by atoms with Crippen molar-refractivity contribution in [3.8, 4) is 0 Å². The highest BCUT2D eigenvalue weighted by molar-refractivity contribution is 7.51.